The number of aromatic amines is 1. The van der Waals surface area contributed by atoms with E-state index < -0.39 is 0 Å². The van der Waals surface area contributed by atoms with E-state index in [9.17, 15) is 4.79 Å². The summed E-state index contributed by atoms with van der Waals surface area (Å²) < 4.78 is 11.2. The third-order valence-corrected chi connectivity index (χ3v) is 6.47. The molecule has 162 valence electrons. The van der Waals surface area contributed by atoms with Crippen molar-refractivity contribution in [1.29, 1.82) is 0 Å². The smallest absolute Gasteiger partial charge is 0.270 e. The van der Waals surface area contributed by atoms with Gasteiger partial charge < -0.3 is 19.4 Å². The Morgan fingerprint density at radius 1 is 1.29 bits per heavy atom. The van der Waals surface area contributed by atoms with Crippen LogP contribution in [0.4, 0.5) is 0 Å². The Kier molecular flexibility index (Phi) is 5.61. The number of benzene rings is 1. The van der Waals surface area contributed by atoms with Crippen LogP contribution in [0.5, 0.6) is 5.75 Å². The van der Waals surface area contributed by atoms with Crippen molar-refractivity contribution in [2.45, 2.75) is 19.0 Å². The highest BCUT2D eigenvalue weighted by molar-refractivity contribution is 5.98. The summed E-state index contributed by atoms with van der Waals surface area (Å²) in [4.78, 5) is 25.3. The predicted octanol–water partition coefficient (Wildman–Crippen LogP) is 2.93. The number of hydrogen-bond donors (Lipinski definition) is 1. The molecule has 0 aliphatic carbocycles. The van der Waals surface area contributed by atoms with Crippen LogP contribution in [-0.4, -0.2) is 71.7 Å². The number of amides is 1. The van der Waals surface area contributed by atoms with Crippen LogP contribution in [0.15, 0.2) is 48.8 Å². The molecule has 1 N–H and O–H groups in total. The number of hydrogen-bond acceptors (Lipinski definition) is 5. The number of likely N-dealkylation sites (tertiary alicyclic amines) is 1. The second-order valence-corrected chi connectivity index (χ2v) is 8.41. The van der Waals surface area contributed by atoms with E-state index in [0.29, 0.717) is 30.8 Å². The van der Waals surface area contributed by atoms with Gasteiger partial charge in [0.05, 0.1) is 20.3 Å². The van der Waals surface area contributed by atoms with Gasteiger partial charge in [0.15, 0.2) is 0 Å². The van der Waals surface area contributed by atoms with E-state index in [0.717, 1.165) is 49.3 Å². The van der Waals surface area contributed by atoms with Crippen LogP contribution in [0.3, 0.4) is 0 Å². The third kappa shape index (κ3) is 4.16. The number of nitrogens with zero attached hydrogens (tertiary/aromatic N) is 3. The van der Waals surface area contributed by atoms with Crippen LogP contribution < -0.4 is 4.74 Å². The number of fused-ring (bicyclic) bond motifs is 2. The molecule has 2 aliphatic rings. The van der Waals surface area contributed by atoms with Crippen molar-refractivity contribution in [2.75, 3.05) is 40.0 Å². The summed E-state index contributed by atoms with van der Waals surface area (Å²) in [7, 11) is 1.65. The molecule has 5 rings (SSSR count). The van der Waals surface area contributed by atoms with Gasteiger partial charge in [-0.3, -0.25) is 14.7 Å². The number of aromatic nitrogens is 2. The molecule has 1 amide bonds. The van der Waals surface area contributed by atoms with Crippen molar-refractivity contribution in [3.05, 3.63) is 60.0 Å². The van der Waals surface area contributed by atoms with Crippen LogP contribution in [0, 0.1) is 5.92 Å². The van der Waals surface area contributed by atoms with Crippen molar-refractivity contribution >= 4 is 16.8 Å². The average molecular weight is 421 g/mol. The van der Waals surface area contributed by atoms with E-state index in [1.807, 2.05) is 47.6 Å². The van der Waals surface area contributed by atoms with Gasteiger partial charge in [0.1, 0.15) is 11.4 Å². The summed E-state index contributed by atoms with van der Waals surface area (Å²) in [6, 6.07) is 12.3. The Balaban J connectivity index is 1.30. The molecule has 0 radical (unpaired) electrons. The van der Waals surface area contributed by atoms with Gasteiger partial charge in [0.25, 0.3) is 5.91 Å². The Labute approximate surface area is 182 Å². The molecule has 2 fully saturated rings. The zero-order valence-corrected chi connectivity index (χ0v) is 17.8. The molecule has 2 aliphatic heterocycles. The minimum absolute atomic E-state index is 0.0525. The summed E-state index contributed by atoms with van der Waals surface area (Å²) in [5, 5.41) is 1.01. The lowest BCUT2D eigenvalue weighted by atomic mass is 9.91. The normalized spacial score (nSPS) is 22.2. The zero-order valence-electron chi connectivity index (χ0n) is 17.8. The quantitative estimate of drug-likeness (QED) is 0.703. The monoisotopic (exact) mass is 420 g/mol. The number of carbonyl (C=O) groups excluding carboxylic acids is 1. The lowest BCUT2D eigenvalue weighted by molar-refractivity contribution is 0.0366. The summed E-state index contributed by atoms with van der Waals surface area (Å²) in [5.41, 5.74) is 2.76. The van der Waals surface area contributed by atoms with Gasteiger partial charge in [-0.15, -0.1) is 0 Å². The summed E-state index contributed by atoms with van der Waals surface area (Å²) >= 11 is 0. The highest BCUT2D eigenvalue weighted by Gasteiger charge is 2.37. The van der Waals surface area contributed by atoms with Crippen LogP contribution in [0.25, 0.3) is 10.9 Å². The Hall–Kier alpha value is -2.90. The summed E-state index contributed by atoms with van der Waals surface area (Å²) in [6.45, 7) is 4.67. The van der Waals surface area contributed by atoms with Crippen LogP contribution >= 0.6 is 0 Å². The molecule has 0 spiro atoms. The number of carbonyl (C=O) groups is 1. The SMILES string of the molecule is COc1ccc2cc(C(=O)N3CC[C@@H]4[C@@H](COCCN4Cc4cccnc4)C3)[nH]c2c1. The van der Waals surface area contributed by atoms with E-state index in [1.54, 1.807) is 7.11 Å². The fraction of sp³-hybridized carbons (Fsp3) is 0.417. The van der Waals surface area contributed by atoms with Crippen molar-refractivity contribution in [1.82, 2.24) is 19.8 Å². The average Bonchev–Trinajstić information content (AvgIpc) is 3.14. The second-order valence-electron chi connectivity index (χ2n) is 8.41. The van der Waals surface area contributed by atoms with Crippen molar-refractivity contribution in [2.24, 2.45) is 5.92 Å². The first-order valence-corrected chi connectivity index (χ1v) is 10.9. The maximum Gasteiger partial charge on any atom is 0.270 e. The molecule has 1 aromatic carbocycles. The topological polar surface area (TPSA) is 70.7 Å². The van der Waals surface area contributed by atoms with Crippen LogP contribution in [0.1, 0.15) is 22.5 Å². The molecule has 4 heterocycles. The lowest BCUT2D eigenvalue weighted by Crippen LogP contribution is -2.52. The van der Waals surface area contributed by atoms with E-state index in [1.165, 1.54) is 5.56 Å². The standard InChI is InChI=1S/C24H28N4O3/c1-30-20-5-4-18-11-22(26-21(18)12-20)24(29)28-8-6-23-19(15-28)16-31-10-9-27(23)14-17-3-2-7-25-13-17/h2-5,7,11-13,19,23,26H,6,8-10,14-16H2,1H3/t19-,23-/m1/s1. The number of ether oxygens (including phenoxy) is 2. The maximum absolute atomic E-state index is 13.3. The van der Waals surface area contributed by atoms with Crippen molar-refractivity contribution < 1.29 is 14.3 Å². The zero-order chi connectivity index (χ0) is 21.2. The largest absolute Gasteiger partial charge is 0.497 e. The molecule has 2 aromatic heterocycles. The molecule has 31 heavy (non-hydrogen) atoms. The Morgan fingerprint density at radius 3 is 3.06 bits per heavy atom. The van der Waals surface area contributed by atoms with Crippen LogP contribution in [0.2, 0.25) is 0 Å². The van der Waals surface area contributed by atoms with Gasteiger partial charge in [-0.1, -0.05) is 6.07 Å². The summed E-state index contributed by atoms with van der Waals surface area (Å²) in [5.74, 6) is 1.14. The second kappa shape index (κ2) is 8.69. The van der Waals surface area contributed by atoms with Gasteiger partial charge >= 0.3 is 0 Å². The molecular formula is C24H28N4O3. The number of pyridine rings is 1. The van der Waals surface area contributed by atoms with E-state index in [2.05, 4.69) is 20.9 Å². The van der Waals surface area contributed by atoms with E-state index in [4.69, 9.17) is 9.47 Å². The molecular weight excluding hydrogens is 392 g/mol. The number of H-pyrrole nitrogens is 1. The fourth-order valence-corrected chi connectivity index (χ4v) is 4.87. The summed E-state index contributed by atoms with van der Waals surface area (Å²) in [6.07, 6.45) is 4.69. The Bertz CT molecular complexity index is 1050. The molecule has 2 saturated heterocycles. The minimum Gasteiger partial charge on any atom is -0.497 e. The number of piperidine rings is 1. The highest BCUT2D eigenvalue weighted by Crippen LogP contribution is 2.28. The van der Waals surface area contributed by atoms with Crippen molar-refractivity contribution in [3.8, 4) is 5.75 Å². The van der Waals surface area contributed by atoms with Crippen molar-refractivity contribution in [3.63, 3.8) is 0 Å². The maximum atomic E-state index is 13.3. The number of methoxy groups -OCH3 is 1. The number of nitrogens with one attached hydrogen (secondary N) is 1. The van der Waals surface area contributed by atoms with E-state index >= 15 is 0 Å². The van der Waals surface area contributed by atoms with Gasteiger partial charge in [-0.2, -0.15) is 0 Å². The first kappa shape index (κ1) is 20.0. The van der Waals surface area contributed by atoms with Gasteiger partial charge in [-0.25, -0.2) is 0 Å². The number of rotatable bonds is 4. The molecule has 7 nitrogen and oxygen atoms in total. The third-order valence-electron chi connectivity index (χ3n) is 6.47. The van der Waals surface area contributed by atoms with Gasteiger partial charge in [0.2, 0.25) is 0 Å². The fourth-order valence-electron chi connectivity index (χ4n) is 4.87. The van der Waals surface area contributed by atoms with E-state index in [-0.39, 0.29) is 5.91 Å². The minimum atomic E-state index is 0.0525. The molecule has 0 unspecified atom stereocenters. The predicted molar refractivity (Wildman–Crippen MR) is 118 cm³/mol. The highest BCUT2D eigenvalue weighted by atomic mass is 16.5. The first-order chi connectivity index (χ1) is 15.2. The van der Waals surface area contributed by atoms with Gasteiger partial charge in [0, 0.05) is 67.5 Å². The first-order valence-electron chi connectivity index (χ1n) is 10.9. The van der Waals surface area contributed by atoms with Crippen LogP contribution in [-0.2, 0) is 11.3 Å². The molecule has 0 saturated carbocycles. The van der Waals surface area contributed by atoms with Gasteiger partial charge in [-0.05, 0) is 36.2 Å². The Morgan fingerprint density at radius 2 is 2.23 bits per heavy atom. The molecule has 7 heteroatoms. The lowest BCUT2D eigenvalue weighted by Gasteiger charge is -2.42. The molecule has 3 aromatic rings. The molecule has 2 atom stereocenters. The molecule has 0 bridgehead atoms.